The highest BCUT2D eigenvalue weighted by atomic mass is 28.4. The lowest BCUT2D eigenvalue weighted by atomic mass is 9.89. The van der Waals surface area contributed by atoms with Crippen LogP contribution in [0.3, 0.4) is 0 Å². The third-order valence-corrected chi connectivity index (χ3v) is 18.8. The van der Waals surface area contributed by atoms with Gasteiger partial charge in [0.2, 0.25) is 0 Å². The fourth-order valence-corrected chi connectivity index (χ4v) is 11.9. The van der Waals surface area contributed by atoms with Crippen molar-refractivity contribution in [3.05, 3.63) is 103 Å². The molecule has 0 saturated carbocycles. The Kier molecular flexibility index (Phi) is 12.0. The molecule has 3 aromatic rings. The van der Waals surface area contributed by atoms with Crippen LogP contribution < -0.4 is 10.4 Å². The summed E-state index contributed by atoms with van der Waals surface area (Å²) in [5.74, 6) is 0.269. The predicted molar refractivity (Wildman–Crippen MR) is 190 cm³/mol. The summed E-state index contributed by atoms with van der Waals surface area (Å²) >= 11 is 0. The van der Waals surface area contributed by atoms with Crippen LogP contribution in [0.4, 0.5) is 0 Å². The zero-order valence-corrected chi connectivity index (χ0v) is 30.6. The molecular formula is C38H56O3Si2. The Morgan fingerprint density at radius 2 is 1.16 bits per heavy atom. The molecule has 3 aromatic carbocycles. The maximum atomic E-state index is 7.42. The van der Waals surface area contributed by atoms with Gasteiger partial charge in [0.15, 0.2) is 8.32 Å². The zero-order valence-electron chi connectivity index (χ0n) is 28.6. The molecule has 0 spiro atoms. The summed E-state index contributed by atoms with van der Waals surface area (Å²) in [5.41, 5.74) is 1.17. The van der Waals surface area contributed by atoms with Gasteiger partial charge >= 0.3 is 0 Å². The predicted octanol–water partition coefficient (Wildman–Crippen LogP) is 8.95. The van der Waals surface area contributed by atoms with E-state index >= 15 is 0 Å². The molecule has 0 aromatic heterocycles. The Bertz CT molecular complexity index is 1220. The lowest BCUT2D eigenvalue weighted by Crippen LogP contribution is -2.67. The molecule has 0 bridgehead atoms. The van der Waals surface area contributed by atoms with Crippen molar-refractivity contribution in [3.8, 4) is 0 Å². The van der Waals surface area contributed by atoms with Crippen molar-refractivity contribution in [2.24, 2.45) is 11.8 Å². The topological polar surface area (TPSA) is 27.7 Å². The molecule has 0 aliphatic carbocycles. The van der Waals surface area contributed by atoms with Gasteiger partial charge in [-0.2, -0.15) is 0 Å². The van der Waals surface area contributed by atoms with E-state index in [1.165, 1.54) is 15.9 Å². The van der Waals surface area contributed by atoms with Gasteiger partial charge in [-0.05, 0) is 39.1 Å². The number of rotatable bonds is 13. The molecule has 4 atom stereocenters. The Balaban J connectivity index is 2.02. The molecule has 234 valence electrons. The van der Waals surface area contributed by atoms with E-state index in [2.05, 4.69) is 166 Å². The van der Waals surface area contributed by atoms with Crippen LogP contribution in [0.5, 0.6) is 0 Å². The van der Waals surface area contributed by atoms with Gasteiger partial charge in [-0.15, -0.1) is 0 Å². The first-order valence-corrected chi connectivity index (χ1v) is 20.6. The Morgan fingerprint density at radius 3 is 1.58 bits per heavy atom. The molecule has 3 rings (SSSR count). The fraction of sp³-hybridized carbons (Fsp3) is 0.474. The van der Waals surface area contributed by atoms with Crippen molar-refractivity contribution in [1.82, 2.24) is 0 Å². The van der Waals surface area contributed by atoms with Crippen molar-refractivity contribution >= 4 is 33.1 Å². The van der Waals surface area contributed by atoms with Gasteiger partial charge in [-0.25, -0.2) is 0 Å². The minimum Gasteiger partial charge on any atom is -0.413 e. The summed E-state index contributed by atoms with van der Waals surface area (Å²) in [6, 6.07) is 32.2. The van der Waals surface area contributed by atoms with Crippen molar-refractivity contribution in [3.63, 3.8) is 0 Å². The van der Waals surface area contributed by atoms with E-state index in [-0.39, 0.29) is 34.1 Å². The van der Waals surface area contributed by atoms with E-state index < -0.39 is 16.6 Å². The highest BCUT2D eigenvalue weighted by molar-refractivity contribution is 6.99. The van der Waals surface area contributed by atoms with Gasteiger partial charge in [0, 0.05) is 25.6 Å². The Hall–Kier alpha value is -2.29. The van der Waals surface area contributed by atoms with Crippen LogP contribution in [0.25, 0.3) is 6.08 Å². The van der Waals surface area contributed by atoms with Crippen LogP contribution in [0, 0.1) is 11.8 Å². The van der Waals surface area contributed by atoms with Crippen molar-refractivity contribution in [2.75, 3.05) is 13.7 Å². The molecule has 0 unspecified atom stereocenters. The monoisotopic (exact) mass is 616 g/mol. The highest BCUT2D eigenvalue weighted by Gasteiger charge is 2.51. The first kappa shape index (κ1) is 35.2. The van der Waals surface area contributed by atoms with Crippen molar-refractivity contribution < 1.29 is 13.6 Å². The molecule has 0 fully saturated rings. The molecule has 3 nitrogen and oxygen atoms in total. The van der Waals surface area contributed by atoms with E-state index in [9.17, 15) is 0 Å². The van der Waals surface area contributed by atoms with Crippen molar-refractivity contribution in [2.45, 2.75) is 90.8 Å². The van der Waals surface area contributed by atoms with Crippen LogP contribution in [-0.4, -0.2) is 42.6 Å². The highest BCUT2D eigenvalue weighted by Crippen LogP contribution is 2.41. The van der Waals surface area contributed by atoms with Crippen molar-refractivity contribution in [1.29, 1.82) is 0 Å². The van der Waals surface area contributed by atoms with E-state index in [0.717, 1.165) is 0 Å². The first-order chi connectivity index (χ1) is 20.1. The van der Waals surface area contributed by atoms with Gasteiger partial charge in [-0.1, -0.05) is 159 Å². The molecular weight excluding hydrogens is 561 g/mol. The minimum absolute atomic E-state index is 0.0375. The number of hydrogen-bond donors (Lipinski definition) is 0. The minimum atomic E-state index is -2.67. The first-order valence-electron chi connectivity index (χ1n) is 15.8. The molecule has 0 aliphatic rings. The fourth-order valence-electron chi connectivity index (χ4n) is 5.80. The van der Waals surface area contributed by atoms with Gasteiger partial charge in [0.25, 0.3) is 8.32 Å². The number of methoxy groups -OCH3 is 1. The number of benzene rings is 3. The second kappa shape index (κ2) is 14.7. The SMILES string of the molecule is CO[C@H](/C=C/c1ccccc1)[C@@H](C)[C@H](O[Si](C)(C)C(C)(C)C)[C@H](C)CO[Si](c1ccccc1)(c1ccccc1)C(C)(C)C. The van der Waals surface area contributed by atoms with E-state index in [4.69, 9.17) is 13.6 Å². The average Bonchev–Trinajstić information content (AvgIpc) is 2.96. The molecule has 0 heterocycles. The largest absolute Gasteiger partial charge is 0.413 e. The Labute approximate surface area is 265 Å². The zero-order chi connectivity index (χ0) is 31.9. The molecule has 43 heavy (non-hydrogen) atoms. The van der Waals surface area contributed by atoms with Crippen LogP contribution >= 0.6 is 0 Å². The molecule has 0 aliphatic heterocycles. The van der Waals surface area contributed by atoms with Gasteiger partial charge in [-0.3, -0.25) is 0 Å². The summed E-state index contributed by atoms with van der Waals surface area (Å²) in [4.78, 5) is 0. The summed E-state index contributed by atoms with van der Waals surface area (Å²) in [6.45, 7) is 23.8. The maximum absolute atomic E-state index is 7.42. The normalized spacial score (nSPS) is 16.2. The quantitative estimate of drug-likeness (QED) is 0.179. The molecule has 0 N–H and O–H groups in total. The third-order valence-electron chi connectivity index (χ3n) is 9.36. The standard InChI is InChI=1S/C38H56O3Si2/c1-30(29-40-43(38(6,7)8,33-23-17-13-18-24-33)34-25-19-14-20-26-34)36(41-42(10,11)37(3,4)5)31(2)35(39-9)28-27-32-21-15-12-16-22-32/h12-28,30-31,35-36H,29H2,1-11H3/b28-27+/t30-,31-,35-,36-/m1/s1. The van der Waals surface area contributed by atoms with Gasteiger partial charge in [0.1, 0.15) is 0 Å². The molecule has 5 heteroatoms. The van der Waals surface area contributed by atoms with E-state index in [1.54, 1.807) is 0 Å². The maximum Gasteiger partial charge on any atom is 0.261 e. The Morgan fingerprint density at radius 1 is 0.698 bits per heavy atom. The number of ether oxygens (including phenoxy) is 1. The summed E-state index contributed by atoms with van der Waals surface area (Å²) in [5, 5.41) is 2.61. The average molecular weight is 617 g/mol. The molecule has 0 saturated heterocycles. The van der Waals surface area contributed by atoms with E-state index in [1.807, 2.05) is 13.2 Å². The summed E-state index contributed by atoms with van der Waals surface area (Å²) in [6.07, 6.45) is 4.23. The second-order valence-electron chi connectivity index (χ2n) is 14.6. The summed E-state index contributed by atoms with van der Waals surface area (Å²) < 4.78 is 20.8. The van der Waals surface area contributed by atoms with Crippen LogP contribution in [0.15, 0.2) is 97.1 Å². The lowest BCUT2D eigenvalue weighted by molar-refractivity contribution is -0.00976. The van der Waals surface area contributed by atoms with Crippen LogP contribution in [-0.2, 0) is 13.6 Å². The summed E-state index contributed by atoms with van der Waals surface area (Å²) in [7, 11) is -2.97. The lowest BCUT2D eigenvalue weighted by Gasteiger charge is -2.46. The molecule has 0 radical (unpaired) electrons. The van der Waals surface area contributed by atoms with Gasteiger partial charge in [0.05, 0.1) is 12.2 Å². The molecule has 0 amide bonds. The number of hydrogen-bond acceptors (Lipinski definition) is 3. The second-order valence-corrected chi connectivity index (χ2v) is 23.7. The third kappa shape index (κ3) is 8.46. The smallest absolute Gasteiger partial charge is 0.261 e. The van der Waals surface area contributed by atoms with Gasteiger partial charge < -0.3 is 13.6 Å². The van der Waals surface area contributed by atoms with Crippen LogP contribution in [0.2, 0.25) is 23.2 Å². The van der Waals surface area contributed by atoms with E-state index in [0.29, 0.717) is 6.61 Å². The van der Waals surface area contributed by atoms with Crippen LogP contribution in [0.1, 0.15) is 61.0 Å².